The number of amides is 1. The molecule has 0 radical (unpaired) electrons. The largest absolute Gasteiger partial charge is 0.507 e. The smallest absolute Gasteiger partial charge is 0.295 e. The lowest BCUT2D eigenvalue weighted by Crippen LogP contribution is -2.33. The van der Waals surface area contributed by atoms with Gasteiger partial charge >= 0.3 is 0 Å². The Morgan fingerprint density at radius 3 is 2.34 bits per heavy atom. The molecule has 32 heavy (non-hydrogen) atoms. The first-order valence-corrected chi connectivity index (χ1v) is 10.8. The van der Waals surface area contributed by atoms with E-state index in [2.05, 4.69) is 18.7 Å². The number of halogens is 1. The quantitative estimate of drug-likeness (QED) is 0.363. The second-order valence-corrected chi connectivity index (χ2v) is 7.62. The third kappa shape index (κ3) is 4.67. The van der Waals surface area contributed by atoms with Gasteiger partial charge in [-0.05, 0) is 56.4 Å². The van der Waals surface area contributed by atoms with Crippen LogP contribution in [0.15, 0.2) is 54.1 Å². The Balaban J connectivity index is 2.03. The van der Waals surface area contributed by atoms with Gasteiger partial charge in [0, 0.05) is 17.7 Å². The Bertz CT molecular complexity index is 999. The van der Waals surface area contributed by atoms with Crippen LogP contribution in [0.3, 0.4) is 0 Å². The SMILES string of the molecule is CCN(CC)CCCN1C(=O)C(=O)C(=C(O)c2ccc(OC)cc2)[C@@H]1c1ccccc1F. The van der Waals surface area contributed by atoms with Crippen LogP contribution in [0.2, 0.25) is 0 Å². The molecule has 0 unspecified atom stereocenters. The molecule has 1 aliphatic heterocycles. The van der Waals surface area contributed by atoms with Crippen LogP contribution in [0.5, 0.6) is 5.75 Å². The third-order valence-electron chi connectivity index (χ3n) is 5.87. The van der Waals surface area contributed by atoms with Gasteiger partial charge < -0.3 is 19.6 Å². The monoisotopic (exact) mass is 440 g/mol. The Hall–Kier alpha value is -3.19. The summed E-state index contributed by atoms with van der Waals surface area (Å²) in [6, 6.07) is 11.5. The number of likely N-dealkylation sites (tertiary alicyclic amines) is 1. The molecule has 0 aliphatic carbocycles. The highest BCUT2D eigenvalue weighted by Crippen LogP contribution is 2.40. The highest BCUT2D eigenvalue weighted by Gasteiger charge is 2.46. The van der Waals surface area contributed by atoms with E-state index in [-0.39, 0.29) is 23.4 Å². The molecule has 6 nitrogen and oxygen atoms in total. The lowest BCUT2D eigenvalue weighted by atomic mass is 9.95. The van der Waals surface area contributed by atoms with Gasteiger partial charge in [-0.1, -0.05) is 32.0 Å². The third-order valence-corrected chi connectivity index (χ3v) is 5.87. The fourth-order valence-corrected chi connectivity index (χ4v) is 4.04. The van der Waals surface area contributed by atoms with E-state index >= 15 is 0 Å². The molecule has 1 saturated heterocycles. The zero-order valence-electron chi connectivity index (χ0n) is 18.7. The molecule has 1 fully saturated rings. The number of methoxy groups -OCH3 is 1. The zero-order chi connectivity index (χ0) is 23.3. The molecule has 1 heterocycles. The Morgan fingerprint density at radius 2 is 1.75 bits per heavy atom. The van der Waals surface area contributed by atoms with Gasteiger partial charge in [-0.15, -0.1) is 0 Å². The molecular weight excluding hydrogens is 411 g/mol. The van der Waals surface area contributed by atoms with E-state index in [1.165, 1.54) is 18.1 Å². The molecule has 2 aromatic carbocycles. The van der Waals surface area contributed by atoms with Crippen molar-refractivity contribution in [2.45, 2.75) is 26.3 Å². The molecule has 1 amide bonds. The number of aliphatic hydroxyl groups is 1. The van der Waals surface area contributed by atoms with E-state index in [1.807, 2.05) is 0 Å². The number of Topliss-reactive ketones (excluding diaryl/α,β-unsaturated/α-hetero) is 1. The van der Waals surface area contributed by atoms with E-state index in [0.717, 1.165) is 19.6 Å². The first-order valence-electron chi connectivity index (χ1n) is 10.8. The molecule has 0 aromatic heterocycles. The molecule has 0 saturated carbocycles. The van der Waals surface area contributed by atoms with Crippen molar-refractivity contribution in [2.24, 2.45) is 0 Å². The number of hydrogen-bond acceptors (Lipinski definition) is 5. The summed E-state index contributed by atoms with van der Waals surface area (Å²) < 4.78 is 19.9. The minimum absolute atomic E-state index is 0.104. The summed E-state index contributed by atoms with van der Waals surface area (Å²) >= 11 is 0. The minimum Gasteiger partial charge on any atom is -0.507 e. The molecule has 1 N–H and O–H groups in total. The number of benzene rings is 2. The fraction of sp³-hybridized carbons (Fsp3) is 0.360. The van der Waals surface area contributed by atoms with Crippen molar-refractivity contribution in [3.05, 3.63) is 71.0 Å². The van der Waals surface area contributed by atoms with Crippen LogP contribution in [-0.4, -0.2) is 59.9 Å². The highest BCUT2D eigenvalue weighted by molar-refractivity contribution is 6.46. The van der Waals surface area contributed by atoms with Crippen LogP contribution in [0, 0.1) is 5.82 Å². The summed E-state index contributed by atoms with van der Waals surface area (Å²) in [5.41, 5.74) is 0.436. The second-order valence-electron chi connectivity index (χ2n) is 7.62. The number of carbonyl (C=O) groups is 2. The van der Waals surface area contributed by atoms with Crippen molar-refractivity contribution in [2.75, 3.05) is 33.3 Å². The van der Waals surface area contributed by atoms with Gasteiger partial charge in [-0.25, -0.2) is 4.39 Å². The van der Waals surface area contributed by atoms with Crippen LogP contribution in [0.1, 0.15) is 37.4 Å². The van der Waals surface area contributed by atoms with Gasteiger partial charge in [0.05, 0.1) is 18.7 Å². The number of ketones is 1. The molecule has 0 bridgehead atoms. The lowest BCUT2D eigenvalue weighted by molar-refractivity contribution is -0.140. The first-order chi connectivity index (χ1) is 15.4. The Kier molecular flexibility index (Phi) is 7.64. The maximum absolute atomic E-state index is 14.8. The van der Waals surface area contributed by atoms with Gasteiger partial charge in [-0.3, -0.25) is 9.59 Å². The van der Waals surface area contributed by atoms with Gasteiger partial charge in [0.15, 0.2) is 0 Å². The second kappa shape index (κ2) is 10.4. The first kappa shape index (κ1) is 23.5. The van der Waals surface area contributed by atoms with Crippen molar-refractivity contribution in [1.29, 1.82) is 0 Å². The molecule has 2 aromatic rings. The number of aliphatic hydroxyl groups excluding tert-OH is 1. The lowest BCUT2D eigenvalue weighted by Gasteiger charge is -2.27. The minimum atomic E-state index is -0.991. The van der Waals surface area contributed by atoms with Crippen LogP contribution in [-0.2, 0) is 9.59 Å². The average Bonchev–Trinajstić information content (AvgIpc) is 3.06. The van der Waals surface area contributed by atoms with Crippen LogP contribution >= 0.6 is 0 Å². The summed E-state index contributed by atoms with van der Waals surface area (Å²) in [7, 11) is 1.52. The molecular formula is C25H29FN2O4. The van der Waals surface area contributed by atoms with Crippen LogP contribution < -0.4 is 4.74 Å². The highest BCUT2D eigenvalue weighted by atomic mass is 19.1. The average molecular weight is 441 g/mol. The van der Waals surface area contributed by atoms with Crippen LogP contribution in [0.25, 0.3) is 5.76 Å². The number of hydrogen-bond donors (Lipinski definition) is 1. The zero-order valence-corrected chi connectivity index (χ0v) is 18.7. The summed E-state index contributed by atoms with van der Waals surface area (Å²) in [5.74, 6) is -1.81. The number of ether oxygens (including phenoxy) is 1. The summed E-state index contributed by atoms with van der Waals surface area (Å²) in [6.45, 7) is 6.90. The number of rotatable bonds is 9. The molecule has 1 aliphatic rings. The van der Waals surface area contributed by atoms with E-state index in [1.54, 1.807) is 42.5 Å². The van der Waals surface area contributed by atoms with Crippen molar-refractivity contribution >= 4 is 17.4 Å². The van der Waals surface area contributed by atoms with Crippen molar-refractivity contribution in [3.63, 3.8) is 0 Å². The van der Waals surface area contributed by atoms with E-state index in [0.29, 0.717) is 17.7 Å². The van der Waals surface area contributed by atoms with Crippen LogP contribution in [0.4, 0.5) is 4.39 Å². The van der Waals surface area contributed by atoms with E-state index in [9.17, 15) is 19.1 Å². The van der Waals surface area contributed by atoms with Crippen molar-refractivity contribution in [3.8, 4) is 5.75 Å². The van der Waals surface area contributed by atoms with Crippen molar-refractivity contribution < 1.29 is 23.8 Å². The Morgan fingerprint density at radius 1 is 1.09 bits per heavy atom. The van der Waals surface area contributed by atoms with Gasteiger partial charge in [0.1, 0.15) is 17.3 Å². The van der Waals surface area contributed by atoms with Gasteiger partial charge in [-0.2, -0.15) is 0 Å². The molecule has 3 rings (SSSR count). The maximum atomic E-state index is 14.8. The molecule has 7 heteroatoms. The summed E-state index contributed by atoms with van der Waals surface area (Å²) in [6.07, 6.45) is 0.627. The predicted molar refractivity (Wildman–Crippen MR) is 121 cm³/mol. The summed E-state index contributed by atoms with van der Waals surface area (Å²) in [5, 5.41) is 11.0. The molecule has 1 atom stereocenters. The number of nitrogens with zero attached hydrogens (tertiary/aromatic N) is 2. The van der Waals surface area contributed by atoms with E-state index in [4.69, 9.17) is 4.74 Å². The molecule has 170 valence electrons. The standard InChI is InChI=1S/C25H29FN2O4/c1-4-27(5-2)15-8-16-28-22(19-9-6-7-10-20(19)26)21(24(30)25(28)31)23(29)17-11-13-18(32-3)14-12-17/h6-7,9-14,22,29H,4-5,8,15-16H2,1-3H3/t22-/m0/s1. The fourth-order valence-electron chi connectivity index (χ4n) is 4.04. The Labute approximate surface area is 187 Å². The predicted octanol–water partition coefficient (Wildman–Crippen LogP) is 3.99. The van der Waals surface area contributed by atoms with Gasteiger partial charge in [0.2, 0.25) is 0 Å². The molecule has 0 spiro atoms. The normalized spacial score (nSPS) is 17.9. The summed E-state index contributed by atoms with van der Waals surface area (Å²) in [4.78, 5) is 29.5. The maximum Gasteiger partial charge on any atom is 0.295 e. The number of carbonyl (C=O) groups excluding carboxylic acids is 2. The van der Waals surface area contributed by atoms with Crippen molar-refractivity contribution in [1.82, 2.24) is 9.80 Å². The van der Waals surface area contributed by atoms with E-state index < -0.39 is 23.5 Å². The van der Waals surface area contributed by atoms with Gasteiger partial charge in [0.25, 0.3) is 11.7 Å². The topological polar surface area (TPSA) is 70.1 Å².